The number of amides is 1. The first kappa shape index (κ1) is 20.3. The summed E-state index contributed by atoms with van der Waals surface area (Å²) in [4.78, 5) is 15.3. The van der Waals surface area contributed by atoms with Crippen LogP contribution in [0.5, 0.6) is 0 Å². The maximum atomic E-state index is 12.9. The number of carbonyl (C=O) groups is 1. The monoisotopic (exact) mass is 404 g/mol. The molecule has 2 heterocycles. The highest BCUT2D eigenvalue weighted by Crippen LogP contribution is 2.21. The number of hydrogen-bond donors (Lipinski definition) is 1. The number of aromatic nitrogens is 2. The number of aryl methyl sites for hydroxylation is 1. The van der Waals surface area contributed by atoms with E-state index in [0.717, 1.165) is 42.3 Å². The zero-order chi connectivity index (χ0) is 21.1. The molecule has 0 saturated carbocycles. The van der Waals surface area contributed by atoms with Crippen molar-refractivity contribution in [1.29, 1.82) is 0 Å². The zero-order valence-corrected chi connectivity index (χ0v) is 17.7. The van der Waals surface area contributed by atoms with E-state index in [2.05, 4.69) is 35.2 Å². The van der Waals surface area contributed by atoms with Gasteiger partial charge in [0, 0.05) is 31.0 Å². The van der Waals surface area contributed by atoms with E-state index in [-0.39, 0.29) is 18.1 Å². The Kier molecular flexibility index (Phi) is 5.97. The Morgan fingerprint density at radius 1 is 1.07 bits per heavy atom. The average Bonchev–Trinajstić information content (AvgIpc) is 3.11. The minimum absolute atomic E-state index is 0.205. The van der Waals surface area contributed by atoms with E-state index >= 15 is 0 Å². The number of nitrogens with zero attached hydrogens (tertiary/aromatic N) is 3. The zero-order valence-electron chi connectivity index (χ0n) is 17.7. The van der Waals surface area contributed by atoms with Crippen LogP contribution < -0.4 is 5.32 Å². The fourth-order valence-corrected chi connectivity index (χ4v) is 4.04. The topological polar surface area (TPSA) is 59.4 Å². The lowest BCUT2D eigenvalue weighted by Gasteiger charge is -2.35. The van der Waals surface area contributed by atoms with E-state index < -0.39 is 0 Å². The first-order valence-electron chi connectivity index (χ1n) is 10.4. The van der Waals surface area contributed by atoms with Gasteiger partial charge in [0.05, 0.1) is 17.9 Å². The Morgan fingerprint density at radius 2 is 1.73 bits per heavy atom. The lowest BCUT2D eigenvalue weighted by atomic mass is 10.1. The largest absolute Gasteiger partial charge is 0.373 e. The van der Waals surface area contributed by atoms with Crippen LogP contribution in [0.2, 0.25) is 0 Å². The molecule has 1 N–H and O–H groups in total. The summed E-state index contributed by atoms with van der Waals surface area (Å²) < 4.78 is 7.62. The first-order chi connectivity index (χ1) is 14.5. The quantitative estimate of drug-likeness (QED) is 0.697. The summed E-state index contributed by atoms with van der Waals surface area (Å²) in [6.07, 6.45) is 0.417. The van der Waals surface area contributed by atoms with Gasteiger partial charge < -0.3 is 10.1 Å². The fraction of sp³-hybridized carbons (Fsp3) is 0.333. The lowest BCUT2D eigenvalue weighted by molar-refractivity contribution is -0.0704. The highest BCUT2D eigenvalue weighted by atomic mass is 16.5. The van der Waals surface area contributed by atoms with Crippen LogP contribution in [0.3, 0.4) is 0 Å². The molecule has 1 aliphatic heterocycles. The number of rotatable bonds is 5. The number of benzene rings is 2. The third kappa shape index (κ3) is 4.61. The number of carbonyl (C=O) groups excluding carboxylic acids is 1. The molecule has 30 heavy (non-hydrogen) atoms. The molecule has 0 aliphatic carbocycles. The molecular formula is C24H28N4O2. The minimum Gasteiger partial charge on any atom is -0.373 e. The van der Waals surface area contributed by atoms with E-state index in [4.69, 9.17) is 4.74 Å². The van der Waals surface area contributed by atoms with E-state index in [0.29, 0.717) is 5.69 Å². The molecule has 3 aromatic rings. The molecule has 1 fully saturated rings. The molecule has 4 rings (SSSR count). The van der Waals surface area contributed by atoms with E-state index in [1.807, 2.05) is 61.5 Å². The Morgan fingerprint density at radius 3 is 2.47 bits per heavy atom. The number of hydrogen-bond acceptors (Lipinski definition) is 4. The minimum atomic E-state index is -0.205. The number of para-hydroxylation sites is 2. The molecule has 2 unspecified atom stereocenters. The SMILES string of the molecule is Cc1cc(C(=O)Nc2ccccc2CN2CC(C)OC(C)C2)nn1-c1ccccc1. The van der Waals surface area contributed by atoms with Gasteiger partial charge >= 0.3 is 0 Å². The lowest BCUT2D eigenvalue weighted by Crippen LogP contribution is -2.44. The molecule has 1 aliphatic rings. The molecule has 1 aromatic heterocycles. The second-order valence-electron chi connectivity index (χ2n) is 7.98. The smallest absolute Gasteiger partial charge is 0.276 e. The Hall–Kier alpha value is -2.96. The van der Waals surface area contributed by atoms with Crippen LogP contribution in [-0.4, -0.2) is 45.9 Å². The van der Waals surface area contributed by atoms with Gasteiger partial charge in [-0.3, -0.25) is 9.69 Å². The van der Waals surface area contributed by atoms with Crippen LogP contribution in [-0.2, 0) is 11.3 Å². The van der Waals surface area contributed by atoms with Gasteiger partial charge in [0.2, 0.25) is 0 Å². The maximum absolute atomic E-state index is 12.9. The highest BCUT2D eigenvalue weighted by Gasteiger charge is 2.23. The Bertz CT molecular complexity index is 1010. The van der Waals surface area contributed by atoms with Gasteiger partial charge in [-0.1, -0.05) is 36.4 Å². The fourth-order valence-electron chi connectivity index (χ4n) is 4.04. The Labute approximate surface area is 177 Å². The average molecular weight is 405 g/mol. The van der Waals surface area contributed by atoms with Crippen molar-refractivity contribution in [2.24, 2.45) is 0 Å². The Balaban J connectivity index is 1.50. The summed E-state index contributed by atoms with van der Waals surface area (Å²) in [5.41, 5.74) is 4.16. The van der Waals surface area contributed by atoms with E-state index in [1.165, 1.54) is 0 Å². The van der Waals surface area contributed by atoms with Gasteiger partial charge in [-0.2, -0.15) is 5.10 Å². The number of nitrogens with one attached hydrogen (secondary N) is 1. The van der Waals surface area contributed by atoms with Crippen molar-refractivity contribution in [3.8, 4) is 5.69 Å². The van der Waals surface area contributed by atoms with Gasteiger partial charge in [-0.15, -0.1) is 0 Å². The summed E-state index contributed by atoms with van der Waals surface area (Å²) in [5, 5.41) is 7.58. The van der Waals surface area contributed by atoms with Gasteiger partial charge in [0.25, 0.3) is 5.91 Å². The first-order valence-corrected chi connectivity index (χ1v) is 10.4. The third-order valence-electron chi connectivity index (χ3n) is 5.28. The van der Waals surface area contributed by atoms with Crippen molar-refractivity contribution >= 4 is 11.6 Å². The summed E-state index contributed by atoms with van der Waals surface area (Å²) in [7, 11) is 0. The number of anilines is 1. The van der Waals surface area contributed by atoms with Crippen LogP contribution in [0.25, 0.3) is 5.69 Å². The molecule has 0 radical (unpaired) electrons. The van der Waals surface area contributed by atoms with Crippen molar-refractivity contribution in [1.82, 2.24) is 14.7 Å². The predicted molar refractivity (Wildman–Crippen MR) is 118 cm³/mol. The number of ether oxygens (including phenoxy) is 1. The number of morpholine rings is 1. The second kappa shape index (κ2) is 8.81. The van der Waals surface area contributed by atoms with Crippen LogP contribution in [0.4, 0.5) is 5.69 Å². The summed E-state index contributed by atoms with van der Waals surface area (Å²) in [6, 6.07) is 19.6. The van der Waals surface area contributed by atoms with Crippen LogP contribution in [0.1, 0.15) is 35.6 Å². The maximum Gasteiger partial charge on any atom is 0.276 e. The molecule has 6 heteroatoms. The van der Waals surface area contributed by atoms with Gasteiger partial charge in [0.15, 0.2) is 5.69 Å². The van der Waals surface area contributed by atoms with Crippen LogP contribution in [0.15, 0.2) is 60.7 Å². The third-order valence-corrected chi connectivity index (χ3v) is 5.28. The summed E-state index contributed by atoms with van der Waals surface area (Å²) in [5.74, 6) is -0.205. The molecule has 2 atom stereocenters. The van der Waals surface area contributed by atoms with E-state index in [1.54, 1.807) is 4.68 Å². The van der Waals surface area contributed by atoms with Gasteiger partial charge in [-0.25, -0.2) is 4.68 Å². The van der Waals surface area contributed by atoms with Crippen molar-refractivity contribution < 1.29 is 9.53 Å². The molecule has 6 nitrogen and oxygen atoms in total. The van der Waals surface area contributed by atoms with Gasteiger partial charge in [0.1, 0.15) is 0 Å². The molecule has 2 aromatic carbocycles. The van der Waals surface area contributed by atoms with Gasteiger partial charge in [-0.05, 0) is 50.6 Å². The molecule has 0 bridgehead atoms. The van der Waals surface area contributed by atoms with Crippen molar-refractivity contribution in [3.05, 3.63) is 77.6 Å². The molecule has 0 spiro atoms. The standard InChI is InChI=1S/C24H28N4O2/c1-17-13-23(26-28(17)21-10-5-4-6-11-21)24(29)25-22-12-8-7-9-20(22)16-27-14-18(2)30-19(3)15-27/h4-13,18-19H,14-16H2,1-3H3,(H,25,29). The summed E-state index contributed by atoms with van der Waals surface area (Å²) in [6.45, 7) is 8.68. The highest BCUT2D eigenvalue weighted by molar-refractivity contribution is 6.03. The molecule has 1 amide bonds. The van der Waals surface area contributed by atoms with Crippen molar-refractivity contribution in [2.75, 3.05) is 18.4 Å². The van der Waals surface area contributed by atoms with Crippen LogP contribution in [0, 0.1) is 6.92 Å². The van der Waals surface area contributed by atoms with Crippen molar-refractivity contribution in [3.63, 3.8) is 0 Å². The molecule has 156 valence electrons. The molecular weight excluding hydrogens is 376 g/mol. The van der Waals surface area contributed by atoms with Crippen molar-refractivity contribution in [2.45, 2.75) is 39.5 Å². The van der Waals surface area contributed by atoms with Crippen LogP contribution >= 0.6 is 0 Å². The second-order valence-corrected chi connectivity index (χ2v) is 7.98. The van der Waals surface area contributed by atoms with E-state index in [9.17, 15) is 4.79 Å². The normalized spacial score (nSPS) is 19.6. The summed E-state index contributed by atoms with van der Waals surface area (Å²) >= 11 is 0. The molecule has 1 saturated heterocycles. The predicted octanol–water partition coefficient (Wildman–Crippen LogP) is 4.04.